The van der Waals surface area contributed by atoms with Gasteiger partial charge in [0.15, 0.2) is 0 Å². The Kier molecular flexibility index (Phi) is 5.91. The molecular formula is C19H28FN3O2. The van der Waals surface area contributed by atoms with Crippen molar-refractivity contribution < 1.29 is 13.9 Å². The number of urea groups is 1. The van der Waals surface area contributed by atoms with E-state index in [1.54, 1.807) is 0 Å². The highest BCUT2D eigenvalue weighted by Gasteiger charge is 2.35. The summed E-state index contributed by atoms with van der Waals surface area (Å²) in [7, 11) is 2.08. The number of benzene rings is 1. The van der Waals surface area contributed by atoms with E-state index in [4.69, 9.17) is 4.74 Å². The lowest BCUT2D eigenvalue weighted by atomic mass is 9.74. The van der Waals surface area contributed by atoms with Crippen molar-refractivity contribution in [2.45, 2.75) is 37.1 Å². The predicted molar refractivity (Wildman–Crippen MR) is 95.2 cm³/mol. The van der Waals surface area contributed by atoms with E-state index in [2.05, 4.69) is 22.6 Å². The summed E-state index contributed by atoms with van der Waals surface area (Å²) in [5.41, 5.74) is 0.877. The van der Waals surface area contributed by atoms with Crippen LogP contribution < -0.4 is 10.6 Å². The third kappa shape index (κ3) is 4.70. The number of likely N-dealkylation sites (N-methyl/N-ethyl adjacent to an activating group) is 1. The summed E-state index contributed by atoms with van der Waals surface area (Å²) in [6.07, 6.45) is 3.78. The Labute approximate surface area is 148 Å². The minimum absolute atomic E-state index is 0.117. The molecule has 0 aliphatic carbocycles. The number of rotatable bonds is 4. The van der Waals surface area contributed by atoms with Crippen LogP contribution in [0.1, 0.15) is 31.2 Å². The summed E-state index contributed by atoms with van der Waals surface area (Å²) in [4.78, 5) is 14.6. The van der Waals surface area contributed by atoms with Gasteiger partial charge in [0, 0.05) is 37.8 Å². The van der Waals surface area contributed by atoms with Gasteiger partial charge < -0.3 is 20.3 Å². The Morgan fingerprint density at radius 1 is 1.32 bits per heavy atom. The Bertz CT molecular complexity index is 573. The van der Waals surface area contributed by atoms with Crippen LogP contribution in [0.15, 0.2) is 24.3 Å². The van der Waals surface area contributed by atoms with Crippen LogP contribution in [0.2, 0.25) is 0 Å². The van der Waals surface area contributed by atoms with Crippen molar-refractivity contribution in [2.24, 2.45) is 0 Å². The number of carbonyl (C=O) groups is 1. The number of likely N-dealkylation sites (tertiary alicyclic amines) is 1. The van der Waals surface area contributed by atoms with Crippen molar-refractivity contribution in [3.05, 3.63) is 35.6 Å². The number of carbonyl (C=O) groups excluding carboxylic acids is 1. The molecule has 0 unspecified atom stereocenters. The number of hydrogen-bond donors (Lipinski definition) is 2. The molecule has 0 spiro atoms. The van der Waals surface area contributed by atoms with Gasteiger partial charge in [0.05, 0.1) is 0 Å². The number of nitrogens with one attached hydrogen (secondary N) is 2. The maximum absolute atomic E-state index is 13.3. The second kappa shape index (κ2) is 8.15. The zero-order valence-corrected chi connectivity index (χ0v) is 14.9. The average molecular weight is 349 g/mol. The van der Waals surface area contributed by atoms with Gasteiger partial charge in [0.25, 0.3) is 0 Å². The first kappa shape index (κ1) is 18.1. The Balaban J connectivity index is 1.60. The molecule has 2 fully saturated rings. The monoisotopic (exact) mass is 349 g/mol. The molecule has 25 heavy (non-hydrogen) atoms. The summed E-state index contributed by atoms with van der Waals surface area (Å²) < 4.78 is 18.8. The third-order valence-electron chi connectivity index (χ3n) is 5.45. The van der Waals surface area contributed by atoms with E-state index in [9.17, 15) is 9.18 Å². The fourth-order valence-corrected chi connectivity index (χ4v) is 3.90. The Morgan fingerprint density at radius 3 is 2.72 bits per heavy atom. The number of halogens is 1. The normalized spacial score (nSPS) is 23.8. The lowest BCUT2D eigenvalue weighted by Gasteiger charge is -2.38. The number of hydrogen-bond acceptors (Lipinski definition) is 3. The van der Waals surface area contributed by atoms with Gasteiger partial charge in [-0.1, -0.05) is 12.1 Å². The minimum atomic E-state index is -0.238. The van der Waals surface area contributed by atoms with Crippen LogP contribution in [0.4, 0.5) is 9.18 Å². The minimum Gasteiger partial charge on any atom is -0.381 e. The molecule has 1 aromatic rings. The van der Waals surface area contributed by atoms with Crippen LogP contribution in [0.3, 0.4) is 0 Å². The summed E-state index contributed by atoms with van der Waals surface area (Å²) in [6, 6.07) is 6.73. The largest absolute Gasteiger partial charge is 0.381 e. The smallest absolute Gasteiger partial charge is 0.315 e. The molecule has 5 nitrogen and oxygen atoms in total. The van der Waals surface area contributed by atoms with E-state index >= 15 is 0 Å². The van der Waals surface area contributed by atoms with Gasteiger partial charge in [0.2, 0.25) is 0 Å². The molecule has 0 saturated carbocycles. The Morgan fingerprint density at radius 2 is 2.04 bits per heavy atom. The van der Waals surface area contributed by atoms with E-state index in [-0.39, 0.29) is 23.3 Å². The molecule has 138 valence electrons. The van der Waals surface area contributed by atoms with E-state index < -0.39 is 0 Å². The fourth-order valence-electron chi connectivity index (χ4n) is 3.90. The van der Waals surface area contributed by atoms with Crippen molar-refractivity contribution in [3.63, 3.8) is 0 Å². The number of nitrogens with zero attached hydrogens (tertiary/aromatic N) is 1. The highest BCUT2D eigenvalue weighted by atomic mass is 19.1. The molecule has 2 saturated heterocycles. The van der Waals surface area contributed by atoms with Gasteiger partial charge in [-0.2, -0.15) is 0 Å². The van der Waals surface area contributed by atoms with E-state index in [1.165, 1.54) is 12.1 Å². The molecule has 2 aliphatic rings. The first-order valence-electron chi connectivity index (χ1n) is 9.14. The molecule has 2 heterocycles. The molecule has 6 heteroatoms. The number of piperidine rings is 1. The first-order chi connectivity index (χ1) is 12.1. The lowest BCUT2D eigenvalue weighted by Crippen LogP contribution is -2.52. The predicted octanol–water partition coefficient (Wildman–Crippen LogP) is 2.27. The van der Waals surface area contributed by atoms with Gasteiger partial charge in [-0.3, -0.25) is 0 Å². The van der Waals surface area contributed by atoms with Gasteiger partial charge in [-0.15, -0.1) is 0 Å². The SMILES string of the molecule is CN1CCC[C@@H](NC(=O)NCC2(c3ccc(F)cc3)CCOCC2)C1. The quantitative estimate of drug-likeness (QED) is 0.877. The zero-order valence-electron chi connectivity index (χ0n) is 14.9. The lowest BCUT2D eigenvalue weighted by molar-refractivity contribution is 0.0506. The van der Waals surface area contributed by atoms with Crippen LogP contribution in [0, 0.1) is 5.82 Å². The molecule has 0 bridgehead atoms. The maximum atomic E-state index is 13.3. The average Bonchev–Trinajstić information content (AvgIpc) is 2.61. The molecule has 1 atom stereocenters. The summed E-state index contributed by atoms with van der Waals surface area (Å²) in [6.45, 7) is 3.84. The number of ether oxygens (including phenoxy) is 1. The van der Waals surface area contributed by atoms with Gasteiger partial charge in [-0.05, 0) is 57.0 Å². The third-order valence-corrected chi connectivity index (χ3v) is 5.45. The topological polar surface area (TPSA) is 53.6 Å². The molecule has 1 aromatic carbocycles. The van der Waals surface area contributed by atoms with Crippen LogP contribution in [0.25, 0.3) is 0 Å². The van der Waals surface area contributed by atoms with Crippen molar-refractivity contribution in [1.82, 2.24) is 15.5 Å². The molecule has 2 N–H and O–H groups in total. The van der Waals surface area contributed by atoms with Crippen LogP contribution >= 0.6 is 0 Å². The van der Waals surface area contributed by atoms with Crippen LogP contribution in [-0.2, 0) is 10.2 Å². The molecule has 0 aromatic heterocycles. The zero-order chi connectivity index (χ0) is 17.7. The van der Waals surface area contributed by atoms with E-state index in [0.29, 0.717) is 19.8 Å². The van der Waals surface area contributed by atoms with Gasteiger partial charge in [-0.25, -0.2) is 9.18 Å². The number of amides is 2. The van der Waals surface area contributed by atoms with Crippen molar-refractivity contribution in [1.29, 1.82) is 0 Å². The maximum Gasteiger partial charge on any atom is 0.315 e. The van der Waals surface area contributed by atoms with E-state index in [0.717, 1.165) is 44.3 Å². The first-order valence-corrected chi connectivity index (χ1v) is 9.14. The molecule has 2 aliphatic heterocycles. The standard InChI is InChI=1S/C19H28FN3O2/c1-23-10-2-3-17(13-23)22-18(24)21-14-19(8-11-25-12-9-19)15-4-6-16(20)7-5-15/h4-7,17H,2-3,8-14H2,1H3,(H2,21,22,24)/t17-/m1/s1. The molecule has 3 rings (SSSR count). The highest BCUT2D eigenvalue weighted by molar-refractivity contribution is 5.74. The molecule has 2 amide bonds. The van der Waals surface area contributed by atoms with Crippen LogP contribution in [-0.4, -0.2) is 56.9 Å². The second-order valence-corrected chi connectivity index (χ2v) is 7.33. The van der Waals surface area contributed by atoms with Crippen molar-refractivity contribution in [2.75, 3.05) is 39.9 Å². The fraction of sp³-hybridized carbons (Fsp3) is 0.632. The van der Waals surface area contributed by atoms with Crippen molar-refractivity contribution in [3.8, 4) is 0 Å². The van der Waals surface area contributed by atoms with E-state index in [1.807, 2.05) is 12.1 Å². The highest BCUT2D eigenvalue weighted by Crippen LogP contribution is 2.34. The summed E-state index contributed by atoms with van der Waals surface area (Å²) >= 11 is 0. The second-order valence-electron chi connectivity index (χ2n) is 7.33. The van der Waals surface area contributed by atoms with Gasteiger partial charge in [0.1, 0.15) is 5.82 Å². The summed E-state index contributed by atoms with van der Waals surface area (Å²) in [5, 5.41) is 6.13. The van der Waals surface area contributed by atoms with Crippen LogP contribution in [0.5, 0.6) is 0 Å². The Hall–Kier alpha value is -1.66. The summed E-state index contributed by atoms with van der Waals surface area (Å²) in [5.74, 6) is -0.238. The molecular weight excluding hydrogens is 321 g/mol. The molecule has 0 radical (unpaired) electrons. The van der Waals surface area contributed by atoms with Gasteiger partial charge >= 0.3 is 6.03 Å². The van der Waals surface area contributed by atoms with Crippen molar-refractivity contribution >= 4 is 6.03 Å².